The molecule has 1 N–H and O–H groups in total. The number of hydrogen-bond donors (Lipinski definition) is 1. The Kier molecular flexibility index (Phi) is 4.76. The second-order valence-corrected chi connectivity index (χ2v) is 5.64. The van der Waals surface area contributed by atoms with Gasteiger partial charge in [0.2, 0.25) is 0 Å². The summed E-state index contributed by atoms with van der Waals surface area (Å²) in [5, 5.41) is 15.3. The van der Waals surface area contributed by atoms with E-state index >= 15 is 0 Å². The van der Waals surface area contributed by atoms with Gasteiger partial charge < -0.3 is 10.1 Å². The number of hydrogen-bond acceptors (Lipinski definition) is 6. The van der Waals surface area contributed by atoms with Crippen LogP contribution in [0.15, 0.2) is 18.5 Å². The number of fused-ring (bicyclic) bond motifs is 1. The number of rotatable bonds is 4. The summed E-state index contributed by atoms with van der Waals surface area (Å²) >= 11 is 0. The molecule has 146 valence electrons. The molecule has 28 heavy (non-hydrogen) atoms. The van der Waals surface area contributed by atoms with Gasteiger partial charge in [0.15, 0.2) is 17.3 Å². The van der Waals surface area contributed by atoms with Gasteiger partial charge in [0.05, 0.1) is 12.7 Å². The maximum absolute atomic E-state index is 14.6. The van der Waals surface area contributed by atoms with Crippen LogP contribution in [-0.4, -0.2) is 38.9 Å². The van der Waals surface area contributed by atoms with Crippen molar-refractivity contribution < 1.29 is 26.7 Å². The monoisotopic (exact) mass is 398 g/mol. The number of anilines is 1. The fourth-order valence-electron chi connectivity index (χ4n) is 2.48. The minimum atomic E-state index is -4.66. The minimum Gasteiger partial charge on any atom is -0.494 e. The van der Waals surface area contributed by atoms with Crippen molar-refractivity contribution >= 4 is 11.6 Å². The standard InChI is InChI=1S/C16H11F5N6O/c1-7(16(19,20)21)25-14-13(8-3-10(18)12(28-2)4-9(8)17)11(5-22)26-15-23-6-24-27(14)15/h3-4,6-7,25H,1-2H3. The highest BCUT2D eigenvalue weighted by molar-refractivity contribution is 5.82. The van der Waals surface area contributed by atoms with Gasteiger partial charge in [0, 0.05) is 11.6 Å². The van der Waals surface area contributed by atoms with Gasteiger partial charge in [0.25, 0.3) is 5.78 Å². The SMILES string of the molecule is COc1cc(F)c(-c2c(C#N)nc3ncnn3c2NC(C)C(F)(F)F)cc1F. The third-order valence-electron chi connectivity index (χ3n) is 3.89. The number of nitrogens with one attached hydrogen (secondary N) is 1. The molecule has 0 aliphatic carbocycles. The van der Waals surface area contributed by atoms with E-state index in [1.807, 2.05) is 0 Å². The van der Waals surface area contributed by atoms with Gasteiger partial charge in [-0.3, -0.25) is 0 Å². The predicted octanol–water partition coefficient (Wildman–Crippen LogP) is 3.31. The van der Waals surface area contributed by atoms with E-state index in [-0.39, 0.29) is 5.78 Å². The highest BCUT2D eigenvalue weighted by Crippen LogP contribution is 2.37. The molecule has 2 heterocycles. The number of nitrogens with zero attached hydrogens (tertiary/aromatic N) is 5. The lowest BCUT2D eigenvalue weighted by atomic mass is 10.0. The van der Waals surface area contributed by atoms with E-state index in [4.69, 9.17) is 0 Å². The molecular weight excluding hydrogens is 387 g/mol. The van der Waals surface area contributed by atoms with Crippen LogP contribution in [0.25, 0.3) is 16.9 Å². The molecule has 7 nitrogen and oxygen atoms in total. The molecular formula is C16H11F5N6O. The molecule has 3 aromatic rings. The quantitative estimate of drug-likeness (QED) is 0.679. The van der Waals surface area contributed by atoms with Crippen molar-refractivity contribution in [2.75, 3.05) is 12.4 Å². The first-order valence-corrected chi connectivity index (χ1v) is 7.67. The average Bonchev–Trinajstić information content (AvgIpc) is 3.10. The molecule has 1 atom stereocenters. The van der Waals surface area contributed by atoms with E-state index in [2.05, 4.69) is 25.1 Å². The molecule has 0 spiro atoms. The molecule has 0 bridgehead atoms. The second-order valence-electron chi connectivity index (χ2n) is 5.64. The molecule has 0 saturated carbocycles. The average molecular weight is 398 g/mol. The van der Waals surface area contributed by atoms with Gasteiger partial charge in [-0.25, -0.2) is 8.78 Å². The number of nitriles is 1. The van der Waals surface area contributed by atoms with Crippen molar-refractivity contribution in [2.24, 2.45) is 0 Å². The summed E-state index contributed by atoms with van der Waals surface area (Å²) in [7, 11) is 1.12. The Bertz CT molecular complexity index is 1090. The summed E-state index contributed by atoms with van der Waals surface area (Å²) in [6.07, 6.45) is -3.66. The van der Waals surface area contributed by atoms with Gasteiger partial charge in [0.1, 0.15) is 30.1 Å². The van der Waals surface area contributed by atoms with Crippen molar-refractivity contribution in [3.8, 4) is 22.9 Å². The van der Waals surface area contributed by atoms with E-state index in [0.717, 1.165) is 24.9 Å². The smallest absolute Gasteiger partial charge is 0.408 e. The van der Waals surface area contributed by atoms with Crippen LogP contribution in [0.2, 0.25) is 0 Å². The van der Waals surface area contributed by atoms with Gasteiger partial charge in [-0.15, -0.1) is 0 Å². The molecule has 0 aliphatic heterocycles. The molecule has 0 fully saturated rings. The summed E-state index contributed by atoms with van der Waals surface area (Å²) < 4.78 is 73.6. The Balaban J connectivity index is 2.34. The van der Waals surface area contributed by atoms with E-state index in [9.17, 15) is 27.2 Å². The van der Waals surface area contributed by atoms with E-state index in [1.54, 1.807) is 6.07 Å². The summed E-state index contributed by atoms with van der Waals surface area (Å²) in [6, 6.07) is 0.995. The fraction of sp³-hybridized carbons (Fsp3) is 0.250. The number of benzene rings is 1. The van der Waals surface area contributed by atoms with Gasteiger partial charge in [-0.05, 0) is 13.0 Å². The lowest BCUT2D eigenvalue weighted by Crippen LogP contribution is -2.34. The van der Waals surface area contributed by atoms with Crippen molar-refractivity contribution in [3.05, 3.63) is 35.8 Å². The van der Waals surface area contributed by atoms with Crippen molar-refractivity contribution in [1.82, 2.24) is 19.6 Å². The molecule has 1 aromatic carbocycles. The van der Waals surface area contributed by atoms with Crippen LogP contribution in [0.5, 0.6) is 5.75 Å². The molecule has 2 aromatic heterocycles. The zero-order valence-electron chi connectivity index (χ0n) is 14.3. The third-order valence-corrected chi connectivity index (χ3v) is 3.89. The summed E-state index contributed by atoms with van der Waals surface area (Å²) in [5.74, 6) is -3.01. The largest absolute Gasteiger partial charge is 0.494 e. The lowest BCUT2D eigenvalue weighted by Gasteiger charge is -2.21. The van der Waals surface area contributed by atoms with Crippen LogP contribution in [0.1, 0.15) is 12.6 Å². The summed E-state index contributed by atoms with van der Waals surface area (Å²) in [6.45, 7) is 0.823. The third kappa shape index (κ3) is 3.26. The van der Waals surface area contributed by atoms with Crippen LogP contribution in [0, 0.1) is 23.0 Å². The molecule has 0 saturated heterocycles. The summed E-state index contributed by atoms with van der Waals surface area (Å²) in [5.41, 5.74) is -1.34. The maximum Gasteiger partial charge on any atom is 0.408 e. The fourth-order valence-corrected chi connectivity index (χ4v) is 2.48. The Morgan fingerprint density at radius 3 is 2.57 bits per heavy atom. The maximum atomic E-state index is 14.6. The topological polar surface area (TPSA) is 88.1 Å². The van der Waals surface area contributed by atoms with Crippen LogP contribution >= 0.6 is 0 Å². The van der Waals surface area contributed by atoms with Crippen LogP contribution in [0.4, 0.5) is 27.8 Å². The van der Waals surface area contributed by atoms with Gasteiger partial charge in [-0.1, -0.05) is 0 Å². The first-order chi connectivity index (χ1) is 13.2. The molecule has 0 aliphatic rings. The van der Waals surface area contributed by atoms with E-state index in [0.29, 0.717) is 12.1 Å². The number of methoxy groups -OCH3 is 1. The van der Waals surface area contributed by atoms with Gasteiger partial charge >= 0.3 is 6.18 Å². The number of halogens is 5. The Hall–Kier alpha value is -3.49. The number of alkyl halides is 3. The Morgan fingerprint density at radius 1 is 1.25 bits per heavy atom. The first-order valence-electron chi connectivity index (χ1n) is 7.67. The number of ether oxygens (including phenoxy) is 1. The van der Waals surface area contributed by atoms with Crippen molar-refractivity contribution in [3.63, 3.8) is 0 Å². The first kappa shape index (κ1) is 19.3. The number of aromatic nitrogens is 4. The Morgan fingerprint density at radius 2 is 1.96 bits per heavy atom. The van der Waals surface area contributed by atoms with Crippen molar-refractivity contribution in [1.29, 1.82) is 5.26 Å². The zero-order valence-corrected chi connectivity index (χ0v) is 14.3. The van der Waals surface area contributed by atoms with Crippen molar-refractivity contribution in [2.45, 2.75) is 19.1 Å². The minimum absolute atomic E-state index is 0.188. The zero-order chi connectivity index (χ0) is 20.6. The van der Waals surface area contributed by atoms with Crippen LogP contribution < -0.4 is 10.1 Å². The van der Waals surface area contributed by atoms with Gasteiger partial charge in [-0.2, -0.15) is 38.0 Å². The Labute approximate surface area is 154 Å². The molecule has 1 unspecified atom stereocenters. The molecule has 3 rings (SSSR count). The highest BCUT2D eigenvalue weighted by atomic mass is 19.4. The van der Waals surface area contributed by atoms with Crippen LogP contribution in [0.3, 0.4) is 0 Å². The predicted molar refractivity (Wildman–Crippen MR) is 86.5 cm³/mol. The lowest BCUT2D eigenvalue weighted by molar-refractivity contribution is -0.138. The second kappa shape index (κ2) is 6.91. The highest BCUT2D eigenvalue weighted by Gasteiger charge is 2.37. The molecule has 12 heteroatoms. The molecule has 0 amide bonds. The van der Waals surface area contributed by atoms with E-state index < -0.39 is 52.2 Å². The normalized spacial score (nSPS) is 12.6. The summed E-state index contributed by atoms with van der Waals surface area (Å²) in [4.78, 5) is 7.60. The van der Waals surface area contributed by atoms with Crippen LogP contribution in [-0.2, 0) is 0 Å². The molecule has 0 radical (unpaired) electrons. The van der Waals surface area contributed by atoms with E-state index in [1.165, 1.54) is 0 Å².